The number of benzene rings is 1. The van der Waals surface area contributed by atoms with E-state index in [0.29, 0.717) is 28.0 Å². The molecule has 0 atom stereocenters. The van der Waals surface area contributed by atoms with Gasteiger partial charge in [-0.15, -0.1) is 0 Å². The summed E-state index contributed by atoms with van der Waals surface area (Å²) in [4.78, 5) is 30.2. The van der Waals surface area contributed by atoms with Crippen LogP contribution in [0.1, 0.15) is 41.2 Å². The lowest BCUT2D eigenvalue weighted by Gasteiger charge is -2.18. The van der Waals surface area contributed by atoms with Crippen molar-refractivity contribution in [2.75, 3.05) is 31.5 Å². The Morgan fingerprint density at radius 1 is 1.23 bits per heavy atom. The second kappa shape index (κ2) is 11.1. The largest absolute Gasteiger partial charge is 0.358 e. The number of nitrogens with zero attached hydrogens (tertiary/aromatic N) is 1. The van der Waals surface area contributed by atoms with Crippen LogP contribution in [-0.2, 0) is 4.79 Å². The first-order valence-corrected chi connectivity index (χ1v) is 10.7. The molecule has 2 aromatic rings. The quantitative estimate of drug-likeness (QED) is 0.471. The Hall–Kier alpha value is -2.45. The van der Waals surface area contributed by atoms with Crippen LogP contribution < -0.4 is 10.6 Å². The first-order valence-electron chi connectivity index (χ1n) is 9.90. The van der Waals surface area contributed by atoms with Crippen LogP contribution in [0.4, 0.5) is 10.1 Å². The normalized spacial score (nSPS) is 11.3. The maximum absolute atomic E-state index is 13.2. The molecule has 0 bridgehead atoms. The van der Waals surface area contributed by atoms with E-state index < -0.39 is 5.82 Å². The number of likely N-dealkylation sites (N-methyl/N-ethyl adjacent to an activating group) is 1. The van der Waals surface area contributed by atoms with Crippen molar-refractivity contribution in [3.8, 4) is 0 Å². The highest BCUT2D eigenvalue weighted by Gasteiger charge is 2.17. The summed E-state index contributed by atoms with van der Waals surface area (Å²) >= 11 is 3.22. The van der Waals surface area contributed by atoms with Crippen molar-refractivity contribution in [2.45, 2.75) is 27.7 Å². The van der Waals surface area contributed by atoms with Gasteiger partial charge in [0.25, 0.3) is 5.91 Å². The molecule has 0 unspecified atom stereocenters. The van der Waals surface area contributed by atoms with Gasteiger partial charge in [0.2, 0.25) is 5.91 Å². The number of nitrogens with one attached hydrogen (secondary N) is 3. The van der Waals surface area contributed by atoms with Gasteiger partial charge < -0.3 is 20.5 Å². The van der Waals surface area contributed by atoms with Gasteiger partial charge in [-0.25, -0.2) is 4.39 Å². The molecular weight excluding hydrogens is 451 g/mol. The molecule has 2 rings (SSSR count). The number of rotatable bonds is 9. The number of aromatic amines is 1. The fraction of sp³-hybridized carbons (Fsp3) is 0.364. The summed E-state index contributed by atoms with van der Waals surface area (Å²) in [5, 5.41) is 5.65. The molecule has 3 N–H and O–H groups in total. The van der Waals surface area contributed by atoms with Gasteiger partial charge in [-0.3, -0.25) is 9.59 Å². The van der Waals surface area contributed by atoms with E-state index >= 15 is 0 Å². The van der Waals surface area contributed by atoms with Gasteiger partial charge in [-0.05, 0) is 72.7 Å². The molecule has 30 heavy (non-hydrogen) atoms. The molecule has 6 nitrogen and oxygen atoms in total. The van der Waals surface area contributed by atoms with Crippen LogP contribution in [0.25, 0.3) is 6.08 Å². The Morgan fingerprint density at radius 2 is 1.93 bits per heavy atom. The van der Waals surface area contributed by atoms with E-state index in [-0.39, 0.29) is 11.8 Å². The Morgan fingerprint density at radius 3 is 2.57 bits per heavy atom. The Balaban J connectivity index is 2.03. The van der Waals surface area contributed by atoms with Gasteiger partial charge >= 0.3 is 0 Å². The minimum Gasteiger partial charge on any atom is -0.358 e. The summed E-state index contributed by atoms with van der Waals surface area (Å²) in [6.07, 6.45) is 3.00. The van der Waals surface area contributed by atoms with Crippen molar-refractivity contribution in [1.29, 1.82) is 0 Å². The van der Waals surface area contributed by atoms with Crippen molar-refractivity contribution < 1.29 is 14.0 Å². The molecule has 0 radical (unpaired) electrons. The van der Waals surface area contributed by atoms with E-state index in [2.05, 4.69) is 50.3 Å². The molecule has 1 aromatic carbocycles. The Kier molecular flexibility index (Phi) is 8.80. The fourth-order valence-corrected chi connectivity index (χ4v) is 3.61. The van der Waals surface area contributed by atoms with Gasteiger partial charge in [0.05, 0.1) is 11.3 Å². The Labute approximate surface area is 185 Å². The third-order valence-corrected chi connectivity index (χ3v) is 5.56. The summed E-state index contributed by atoms with van der Waals surface area (Å²) in [6.45, 7) is 11.1. The first kappa shape index (κ1) is 23.8. The highest BCUT2D eigenvalue weighted by atomic mass is 79.9. The highest BCUT2D eigenvalue weighted by Crippen LogP contribution is 2.23. The molecule has 0 spiro atoms. The summed E-state index contributed by atoms with van der Waals surface area (Å²) in [6, 6.07) is 4.03. The molecular formula is C22H28BrFN4O2. The maximum atomic E-state index is 13.2. The van der Waals surface area contributed by atoms with Crippen LogP contribution in [0.15, 0.2) is 28.7 Å². The second-order valence-electron chi connectivity index (χ2n) is 6.89. The number of H-pyrrole nitrogens is 1. The van der Waals surface area contributed by atoms with Gasteiger partial charge in [0, 0.05) is 35.0 Å². The SMILES string of the molecule is CCN(CC)CCNC(=O)c1c(C)[nH]c(/C=C/C(=O)Nc2ccc(F)cc2Br)c1C. The smallest absolute Gasteiger partial charge is 0.253 e. The minimum absolute atomic E-state index is 0.132. The summed E-state index contributed by atoms with van der Waals surface area (Å²) in [7, 11) is 0. The average Bonchev–Trinajstić information content (AvgIpc) is 2.99. The van der Waals surface area contributed by atoms with E-state index in [1.54, 1.807) is 6.08 Å². The van der Waals surface area contributed by atoms with Crippen molar-refractivity contribution >= 4 is 39.5 Å². The third-order valence-electron chi connectivity index (χ3n) is 4.90. The number of aromatic nitrogens is 1. The zero-order valence-electron chi connectivity index (χ0n) is 17.7. The van der Waals surface area contributed by atoms with Crippen molar-refractivity contribution in [3.63, 3.8) is 0 Å². The molecule has 0 fully saturated rings. The molecule has 162 valence electrons. The third kappa shape index (κ3) is 6.27. The topological polar surface area (TPSA) is 77.2 Å². The predicted molar refractivity (Wildman–Crippen MR) is 122 cm³/mol. The van der Waals surface area contributed by atoms with Gasteiger partial charge in [0.1, 0.15) is 5.82 Å². The molecule has 0 aliphatic carbocycles. The molecule has 8 heteroatoms. The molecule has 0 aliphatic heterocycles. The number of carbonyl (C=O) groups excluding carboxylic acids is 2. The van der Waals surface area contributed by atoms with E-state index in [1.165, 1.54) is 24.3 Å². The first-order chi connectivity index (χ1) is 14.3. The van der Waals surface area contributed by atoms with E-state index in [1.807, 2.05) is 13.8 Å². The summed E-state index contributed by atoms with van der Waals surface area (Å²) in [5.74, 6) is -0.886. The number of hydrogen-bond donors (Lipinski definition) is 3. The standard InChI is InChI=1S/C22H28BrFN4O2/c1-5-28(6-2)12-11-25-22(30)21-14(3)18(26-15(21)4)9-10-20(29)27-19-8-7-16(24)13-17(19)23/h7-10,13,26H,5-6,11-12H2,1-4H3,(H,25,30)(H,27,29)/b10-9+. The van der Waals surface area contributed by atoms with Crippen molar-refractivity contribution in [2.24, 2.45) is 0 Å². The lowest BCUT2D eigenvalue weighted by atomic mass is 10.1. The molecule has 0 saturated carbocycles. The molecule has 0 aliphatic rings. The van der Waals surface area contributed by atoms with E-state index in [9.17, 15) is 14.0 Å². The molecule has 1 aromatic heterocycles. The molecule has 2 amide bonds. The second-order valence-corrected chi connectivity index (χ2v) is 7.75. The van der Waals surface area contributed by atoms with Crippen LogP contribution in [0, 0.1) is 19.7 Å². The summed E-state index contributed by atoms with van der Waals surface area (Å²) in [5.41, 5.74) is 3.28. The monoisotopic (exact) mass is 478 g/mol. The zero-order valence-corrected chi connectivity index (χ0v) is 19.3. The van der Waals surface area contributed by atoms with Crippen LogP contribution in [0.2, 0.25) is 0 Å². The fourth-order valence-electron chi connectivity index (χ4n) is 3.16. The number of hydrogen-bond acceptors (Lipinski definition) is 3. The average molecular weight is 479 g/mol. The number of amides is 2. The van der Waals surface area contributed by atoms with Gasteiger partial charge in [-0.1, -0.05) is 13.8 Å². The van der Waals surface area contributed by atoms with Crippen molar-refractivity contribution in [3.05, 3.63) is 57.1 Å². The van der Waals surface area contributed by atoms with Crippen LogP contribution in [0.3, 0.4) is 0 Å². The van der Waals surface area contributed by atoms with Gasteiger partial charge in [-0.2, -0.15) is 0 Å². The molecule has 0 saturated heterocycles. The summed E-state index contributed by atoms with van der Waals surface area (Å²) < 4.78 is 13.6. The lowest BCUT2D eigenvalue weighted by Crippen LogP contribution is -2.35. The minimum atomic E-state index is -0.393. The van der Waals surface area contributed by atoms with Gasteiger partial charge in [0.15, 0.2) is 0 Å². The van der Waals surface area contributed by atoms with E-state index in [0.717, 1.165) is 30.9 Å². The number of carbonyl (C=O) groups is 2. The van der Waals surface area contributed by atoms with Crippen LogP contribution in [-0.4, -0.2) is 47.9 Å². The lowest BCUT2D eigenvalue weighted by molar-refractivity contribution is -0.111. The maximum Gasteiger partial charge on any atom is 0.253 e. The Bertz CT molecular complexity index is 935. The number of aryl methyl sites for hydroxylation is 1. The van der Waals surface area contributed by atoms with Crippen LogP contribution in [0.5, 0.6) is 0 Å². The zero-order chi connectivity index (χ0) is 22.3. The molecule has 1 heterocycles. The van der Waals surface area contributed by atoms with E-state index in [4.69, 9.17) is 0 Å². The van der Waals surface area contributed by atoms with Crippen LogP contribution >= 0.6 is 15.9 Å². The number of anilines is 1. The highest BCUT2D eigenvalue weighted by molar-refractivity contribution is 9.10. The number of halogens is 2. The van der Waals surface area contributed by atoms with Crippen molar-refractivity contribution in [1.82, 2.24) is 15.2 Å². The predicted octanol–water partition coefficient (Wildman–Crippen LogP) is 4.26.